The van der Waals surface area contributed by atoms with Gasteiger partial charge in [-0.2, -0.15) is 4.98 Å². The zero-order valence-corrected chi connectivity index (χ0v) is 19.8. The Balaban J connectivity index is 1.62. The molecule has 0 fully saturated rings. The molecule has 0 aliphatic rings. The van der Waals surface area contributed by atoms with Crippen molar-refractivity contribution >= 4 is 38.4 Å². The predicted octanol–water partition coefficient (Wildman–Crippen LogP) is 3.77. The van der Waals surface area contributed by atoms with Crippen LogP contribution in [0.25, 0.3) is 28.3 Å². The van der Waals surface area contributed by atoms with Gasteiger partial charge in [-0.25, -0.2) is 13.4 Å². The van der Waals surface area contributed by atoms with Crippen LogP contribution in [0.3, 0.4) is 0 Å². The summed E-state index contributed by atoms with van der Waals surface area (Å²) in [6, 6.07) is 15.2. The summed E-state index contributed by atoms with van der Waals surface area (Å²) >= 11 is 6.04. The molecule has 0 atom stereocenters. The number of hydrogen-bond acceptors (Lipinski definition) is 6. The van der Waals surface area contributed by atoms with Crippen molar-refractivity contribution in [3.05, 3.63) is 65.6 Å². The highest BCUT2D eigenvalue weighted by Gasteiger charge is 2.20. The Bertz CT molecular complexity index is 1390. The molecule has 0 saturated carbocycles. The molecular weight excluding hydrogens is 464 g/mol. The third-order valence-electron chi connectivity index (χ3n) is 5.25. The Morgan fingerprint density at radius 1 is 1.15 bits per heavy atom. The number of hydrogen-bond donors (Lipinski definition) is 0. The summed E-state index contributed by atoms with van der Waals surface area (Å²) in [6.45, 7) is 0.143. The van der Waals surface area contributed by atoms with Crippen LogP contribution in [-0.2, 0) is 21.1 Å². The van der Waals surface area contributed by atoms with E-state index in [1.807, 2.05) is 36.4 Å². The summed E-state index contributed by atoms with van der Waals surface area (Å²) in [5.74, 6) is 0.299. The zero-order valence-electron chi connectivity index (χ0n) is 18.2. The molecule has 0 N–H and O–H groups in total. The first-order chi connectivity index (χ1) is 15.7. The van der Waals surface area contributed by atoms with Gasteiger partial charge in [-0.1, -0.05) is 35.9 Å². The Morgan fingerprint density at radius 2 is 1.88 bits per heavy atom. The minimum Gasteiger partial charge on any atom is -0.427 e. The van der Waals surface area contributed by atoms with Crippen LogP contribution in [0.5, 0.6) is 0 Å². The number of amides is 1. The third-order valence-corrected chi connectivity index (χ3v) is 6.43. The molecule has 0 radical (unpaired) electrons. The number of aromatic nitrogens is 3. The second-order valence-electron chi connectivity index (χ2n) is 7.82. The highest BCUT2D eigenvalue weighted by atomic mass is 35.5. The van der Waals surface area contributed by atoms with Crippen LogP contribution in [0.4, 0.5) is 0 Å². The van der Waals surface area contributed by atoms with Crippen LogP contribution in [0.1, 0.15) is 12.2 Å². The van der Waals surface area contributed by atoms with Gasteiger partial charge in [-0.05, 0) is 24.3 Å². The van der Waals surface area contributed by atoms with Crippen molar-refractivity contribution in [2.24, 2.45) is 0 Å². The molecule has 1 amide bonds. The lowest BCUT2D eigenvalue weighted by atomic mass is 10.1. The molecule has 2 heterocycles. The second kappa shape index (κ2) is 9.36. The maximum absolute atomic E-state index is 12.6. The molecular formula is C23H23ClN4O4S. The van der Waals surface area contributed by atoms with Gasteiger partial charge < -0.3 is 9.32 Å². The number of nitrogens with zero attached hydrogens (tertiary/aromatic N) is 4. The number of benzene rings is 2. The number of rotatable bonds is 8. The minimum atomic E-state index is -3.15. The fourth-order valence-electron chi connectivity index (χ4n) is 3.40. The van der Waals surface area contributed by atoms with Gasteiger partial charge in [0, 0.05) is 43.3 Å². The quantitative estimate of drug-likeness (QED) is 0.376. The minimum absolute atomic E-state index is 0.0780. The lowest BCUT2D eigenvalue weighted by molar-refractivity contribution is -0.129. The Labute approximate surface area is 196 Å². The highest BCUT2D eigenvalue weighted by Crippen LogP contribution is 2.29. The van der Waals surface area contributed by atoms with Gasteiger partial charge in [0.25, 0.3) is 0 Å². The zero-order chi connectivity index (χ0) is 23.6. The number of oxazole rings is 1. The Kier molecular flexibility index (Phi) is 6.53. The molecule has 8 nitrogen and oxygen atoms in total. The molecule has 2 aromatic heterocycles. The number of para-hydroxylation sites is 2. The van der Waals surface area contributed by atoms with Gasteiger partial charge in [-0.15, -0.1) is 0 Å². The maximum atomic E-state index is 12.6. The average molecular weight is 487 g/mol. The van der Waals surface area contributed by atoms with E-state index in [1.165, 1.54) is 4.90 Å². The number of imidazole rings is 1. The summed E-state index contributed by atoms with van der Waals surface area (Å²) in [5.41, 5.74) is 3.09. The van der Waals surface area contributed by atoms with Crippen molar-refractivity contribution < 1.29 is 17.6 Å². The van der Waals surface area contributed by atoms with Gasteiger partial charge in [0.15, 0.2) is 0 Å². The molecule has 0 saturated heterocycles. The molecule has 172 valence electrons. The van der Waals surface area contributed by atoms with E-state index in [2.05, 4.69) is 4.98 Å². The van der Waals surface area contributed by atoms with Crippen molar-refractivity contribution in [2.75, 3.05) is 25.6 Å². The van der Waals surface area contributed by atoms with Gasteiger partial charge in [-0.3, -0.25) is 9.36 Å². The van der Waals surface area contributed by atoms with Crippen LogP contribution in [0.2, 0.25) is 5.02 Å². The Hall–Kier alpha value is -3.17. The molecule has 10 heteroatoms. The number of halogens is 1. The van der Waals surface area contributed by atoms with E-state index < -0.39 is 9.84 Å². The van der Waals surface area contributed by atoms with Crippen molar-refractivity contribution in [1.82, 2.24) is 19.4 Å². The number of carbonyl (C=O) groups excluding carboxylic acids is 1. The number of aryl methyl sites for hydroxylation is 1. The first-order valence-electron chi connectivity index (χ1n) is 10.3. The smallest absolute Gasteiger partial charge is 0.308 e. The van der Waals surface area contributed by atoms with Crippen molar-refractivity contribution in [2.45, 2.75) is 12.8 Å². The predicted molar refractivity (Wildman–Crippen MR) is 127 cm³/mol. The van der Waals surface area contributed by atoms with Gasteiger partial charge in [0.2, 0.25) is 5.91 Å². The SMILES string of the molecule is CN(CCS(C)(=O)=O)C(=O)CCc1oc(-n2cnc3ccccc32)nc1-c1ccc(Cl)cc1. The molecule has 4 aromatic rings. The van der Waals surface area contributed by atoms with Crippen molar-refractivity contribution in [1.29, 1.82) is 0 Å². The van der Waals surface area contributed by atoms with Crippen LogP contribution in [-0.4, -0.2) is 59.4 Å². The summed E-state index contributed by atoms with van der Waals surface area (Å²) < 4.78 is 30.7. The van der Waals surface area contributed by atoms with Crippen molar-refractivity contribution in [3.63, 3.8) is 0 Å². The van der Waals surface area contributed by atoms with Gasteiger partial charge in [0.1, 0.15) is 27.6 Å². The number of sulfone groups is 1. The molecule has 0 unspecified atom stereocenters. The molecule has 0 aliphatic heterocycles. The Morgan fingerprint density at radius 3 is 2.61 bits per heavy atom. The van der Waals surface area contributed by atoms with E-state index in [9.17, 15) is 13.2 Å². The number of fused-ring (bicyclic) bond motifs is 1. The van der Waals surface area contributed by atoms with E-state index in [0.29, 0.717) is 28.9 Å². The largest absolute Gasteiger partial charge is 0.427 e. The summed E-state index contributed by atoms with van der Waals surface area (Å²) in [7, 11) is -1.55. The van der Waals surface area contributed by atoms with Crippen molar-refractivity contribution in [3.8, 4) is 17.3 Å². The second-order valence-corrected chi connectivity index (χ2v) is 10.5. The van der Waals surface area contributed by atoms with E-state index in [1.54, 1.807) is 30.1 Å². The summed E-state index contributed by atoms with van der Waals surface area (Å²) in [6.07, 6.45) is 3.26. The lowest BCUT2D eigenvalue weighted by Crippen LogP contribution is -2.31. The molecule has 0 spiro atoms. The van der Waals surface area contributed by atoms with E-state index >= 15 is 0 Å². The highest BCUT2D eigenvalue weighted by molar-refractivity contribution is 7.90. The standard InChI is InChI=1S/C23H23ClN4O4S/c1-27(13-14-33(2,30)31)21(29)12-11-20-22(16-7-9-17(24)10-8-16)26-23(32-20)28-15-25-18-5-3-4-6-19(18)28/h3-10,15H,11-14H2,1-2H3. The van der Waals surface area contributed by atoms with E-state index in [0.717, 1.165) is 22.9 Å². The fraction of sp³-hybridized carbons (Fsp3) is 0.261. The van der Waals surface area contributed by atoms with E-state index in [4.69, 9.17) is 21.0 Å². The van der Waals surface area contributed by atoms with Crippen LogP contribution in [0, 0.1) is 0 Å². The number of carbonyl (C=O) groups is 1. The first kappa shape index (κ1) is 23.0. The molecule has 4 rings (SSSR count). The normalized spacial score (nSPS) is 11.7. The maximum Gasteiger partial charge on any atom is 0.308 e. The molecule has 0 aliphatic carbocycles. The van der Waals surface area contributed by atoms with E-state index in [-0.39, 0.29) is 24.6 Å². The monoisotopic (exact) mass is 486 g/mol. The average Bonchev–Trinajstić information content (AvgIpc) is 3.40. The molecule has 2 aromatic carbocycles. The molecule has 0 bridgehead atoms. The van der Waals surface area contributed by atoms with Gasteiger partial charge in [0.05, 0.1) is 16.8 Å². The topological polar surface area (TPSA) is 98.3 Å². The molecule has 33 heavy (non-hydrogen) atoms. The van der Waals surface area contributed by atoms with Gasteiger partial charge >= 0.3 is 6.01 Å². The van der Waals surface area contributed by atoms with Crippen LogP contribution >= 0.6 is 11.6 Å². The summed E-state index contributed by atoms with van der Waals surface area (Å²) in [4.78, 5) is 23.1. The fourth-order valence-corrected chi connectivity index (χ4v) is 4.13. The third kappa shape index (κ3) is 5.43. The van der Waals surface area contributed by atoms with Crippen LogP contribution < -0.4 is 0 Å². The van der Waals surface area contributed by atoms with Crippen LogP contribution in [0.15, 0.2) is 59.3 Å². The summed E-state index contributed by atoms with van der Waals surface area (Å²) in [5, 5.41) is 0.604. The lowest BCUT2D eigenvalue weighted by Gasteiger charge is -2.16. The first-order valence-corrected chi connectivity index (χ1v) is 12.7.